The minimum atomic E-state index is -0.605. The molecule has 0 spiro atoms. The average Bonchev–Trinajstić information content (AvgIpc) is 3.00. The van der Waals surface area contributed by atoms with Gasteiger partial charge in [0.1, 0.15) is 12.3 Å². The van der Waals surface area contributed by atoms with Crippen molar-refractivity contribution in [3.05, 3.63) is 34.8 Å². The summed E-state index contributed by atoms with van der Waals surface area (Å²) in [4.78, 5) is 32.3. The Morgan fingerprint density at radius 2 is 2.19 bits per heavy atom. The van der Waals surface area contributed by atoms with Crippen LogP contribution in [0, 0.1) is 5.92 Å². The van der Waals surface area contributed by atoms with Crippen LogP contribution in [-0.4, -0.2) is 29.4 Å². The number of hydrogen-bond donors (Lipinski definition) is 1. The topological polar surface area (TPSA) is 71.5 Å². The zero-order valence-corrected chi connectivity index (χ0v) is 15.6. The van der Waals surface area contributed by atoms with Crippen LogP contribution in [0.1, 0.15) is 30.8 Å². The number of rotatable bonds is 3. The zero-order valence-electron chi connectivity index (χ0n) is 14.8. The van der Waals surface area contributed by atoms with Gasteiger partial charge < -0.3 is 10.1 Å². The van der Waals surface area contributed by atoms with Crippen LogP contribution in [0.25, 0.3) is 0 Å². The number of aryl methyl sites for hydroxylation is 1. The molecule has 1 aliphatic carbocycles. The molecule has 1 aliphatic heterocycles. The molecule has 2 heterocycles. The third-order valence-electron chi connectivity index (χ3n) is 4.81. The van der Waals surface area contributed by atoms with Crippen molar-refractivity contribution in [2.45, 2.75) is 39.2 Å². The Bertz CT molecular complexity index is 863. The Morgan fingerprint density at radius 3 is 3.04 bits per heavy atom. The van der Waals surface area contributed by atoms with E-state index in [9.17, 15) is 9.59 Å². The van der Waals surface area contributed by atoms with Gasteiger partial charge in [0, 0.05) is 4.88 Å². The van der Waals surface area contributed by atoms with Crippen molar-refractivity contribution in [3.63, 3.8) is 0 Å². The van der Waals surface area contributed by atoms with Crippen LogP contribution in [0.5, 0.6) is 5.75 Å². The van der Waals surface area contributed by atoms with Gasteiger partial charge in [-0.2, -0.15) is 0 Å². The van der Waals surface area contributed by atoms with Gasteiger partial charge in [-0.3, -0.25) is 14.5 Å². The molecule has 26 heavy (non-hydrogen) atoms. The fraction of sp³-hybridized carbons (Fsp3) is 0.421. The molecule has 1 aromatic heterocycles. The summed E-state index contributed by atoms with van der Waals surface area (Å²) in [5, 5.41) is 3.48. The Kier molecular flexibility index (Phi) is 4.40. The molecule has 0 saturated heterocycles. The second kappa shape index (κ2) is 6.72. The zero-order chi connectivity index (χ0) is 18.3. The standard InChI is InChI=1S/C19H21N3O3S/c1-11-7-8-13-16(9-11)26-19(20-13)21-17(23)10-22-14-5-3-4-6-15(14)25-12(2)18(22)24/h3-6,11-12H,7-10H2,1-2H3,(H,20,21,23). The van der Waals surface area contributed by atoms with Crippen molar-refractivity contribution < 1.29 is 14.3 Å². The lowest BCUT2D eigenvalue weighted by atomic mass is 9.93. The van der Waals surface area contributed by atoms with E-state index in [0.717, 1.165) is 25.0 Å². The largest absolute Gasteiger partial charge is 0.479 e. The third-order valence-corrected chi connectivity index (χ3v) is 5.84. The fourth-order valence-electron chi connectivity index (χ4n) is 3.42. The molecule has 0 fully saturated rings. The van der Waals surface area contributed by atoms with Crippen molar-refractivity contribution in [2.24, 2.45) is 5.92 Å². The van der Waals surface area contributed by atoms with Gasteiger partial charge in [-0.1, -0.05) is 19.1 Å². The van der Waals surface area contributed by atoms with Gasteiger partial charge in [0.15, 0.2) is 11.2 Å². The number of fused-ring (bicyclic) bond motifs is 2. The lowest BCUT2D eigenvalue weighted by Crippen LogP contribution is -2.47. The highest BCUT2D eigenvalue weighted by molar-refractivity contribution is 7.15. The first kappa shape index (κ1) is 17.0. The number of ether oxygens (including phenoxy) is 1. The normalized spacial score (nSPS) is 21.6. The van der Waals surface area contributed by atoms with Crippen LogP contribution in [0.4, 0.5) is 10.8 Å². The van der Waals surface area contributed by atoms with Crippen LogP contribution in [0.3, 0.4) is 0 Å². The van der Waals surface area contributed by atoms with Crippen molar-refractivity contribution in [1.82, 2.24) is 4.98 Å². The summed E-state index contributed by atoms with van der Waals surface area (Å²) in [6.45, 7) is 3.88. The number of amides is 2. The molecule has 2 aromatic rings. The number of hydrogen-bond acceptors (Lipinski definition) is 5. The third kappa shape index (κ3) is 3.19. The first-order chi connectivity index (χ1) is 12.5. The van der Waals surface area contributed by atoms with Gasteiger partial charge in [-0.25, -0.2) is 4.98 Å². The maximum absolute atomic E-state index is 12.5. The number of thiazole rings is 1. The van der Waals surface area contributed by atoms with Crippen molar-refractivity contribution in [1.29, 1.82) is 0 Å². The second-order valence-corrected chi connectivity index (χ2v) is 8.02. The molecule has 1 aromatic carbocycles. The van der Waals surface area contributed by atoms with E-state index in [1.807, 2.05) is 12.1 Å². The minimum Gasteiger partial charge on any atom is -0.479 e. The van der Waals surface area contributed by atoms with Crippen molar-refractivity contribution in [2.75, 3.05) is 16.8 Å². The van der Waals surface area contributed by atoms with E-state index in [4.69, 9.17) is 4.74 Å². The highest BCUT2D eigenvalue weighted by Crippen LogP contribution is 2.34. The monoisotopic (exact) mass is 371 g/mol. The molecule has 7 heteroatoms. The Balaban J connectivity index is 1.49. The SMILES string of the molecule is CC1CCc2nc(NC(=O)CN3C(=O)C(C)Oc4ccccc43)sc2C1. The molecule has 2 unspecified atom stereocenters. The highest BCUT2D eigenvalue weighted by Gasteiger charge is 2.32. The predicted molar refractivity (Wildman–Crippen MR) is 101 cm³/mol. The van der Waals surface area contributed by atoms with Crippen molar-refractivity contribution >= 4 is 34.0 Å². The molecular formula is C19H21N3O3S. The van der Waals surface area contributed by atoms with E-state index >= 15 is 0 Å². The van der Waals surface area contributed by atoms with E-state index in [0.29, 0.717) is 22.5 Å². The molecule has 1 N–H and O–H groups in total. The maximum Gasteiger partial charge on any atom is 0.268 e. The number of anilines is 2. The molecule has 0 bridgehead atoms. The molecule has 4 rings (SSSR count). The summed E-state index contributed by atoms with van der Waals surface area (Å²) in [5.41, 5.74) is 1.72. The number of aromatic nitrogens is 1. The number of carbonyl (C=O) groups excluding carboxylic acids is 2. The van der Waals surface area contributed by atoms with E-state index in [1.54, 1.807) is 30.4 Å². The summed E-state index contributed by atoms with van der Waals surface area (Å²) in [5.74, 6) is 0.814. The molecule has 2 atom stereocenters. The quantitative estimate of drug-likeness (QED) is 0.900. The smallest absolute Gasteiger partial charge is 0.268 e. The Labute approximate surface area is 156 Å². The molecule has 0 radical (unpaired) electrons. The van der Waals surface area contributed by atoms with Gasteiger partial charge in [0.2, 0.25) is 5.91 Å². The molecule has 2 amide bonds. The van der Waals surface area contributed by atoms with E-state index in [1.165, 1.54) is 9.78 Å². The van der Waals surface area contributed by atoms with Crippen LogP contribution in [0.15, 0.2) is 24.3 Å². The first-order valence-electron chi connectivity index (χ1n) is 8.86. The minimum absolute atomic E-state index is 0.0514. The summed E-state index contributed by atoms with van der Waals surface area (Å²) in [6.07, 6.45) is 2.53. The van der Waals surface area contributed by atoms with Gasteiger partial charge in [-0.05, 0) is 44.2 Å². The van der Waals surface area contributed by atoms with Crippen LogP contribution in [0.2, 0.25) is 0 Å². The summed E-state index contributed by atoms with van der Waals surface area (Å²) in [7, 11) is 0. The first-order valence-corrected chi connectivity index (χ1v) is 9.68. The van der Waals surface area contributed by atoms with E-state index < -0.39 is 6.10 Å². The number of para-hydroxylation sites is 2. The van der Waals surface area contributed by atoms with Crippen molar-refractivity contribution in [3.8, 4) is 5.75 Å². The molecule has 136 valence electrons. The Hall–Kier alpha value is -2.41. The van der Waals surface area contributed by atoms with Gasteiger partial charge in [-0.15, -0.1) is 11.3 Å². The van der Waals surface area contributed by atoms with Crippen LogP contribution in [-0.2, 0) is 22.4 Å². The highest BCUT2D eigenvalue weighted by atomic mass is 32.1. The number of nitrogens with one attached hydrogen (secondary N) is 1. The molecule has 2 aliphatic rings. The van der Waals surface area contributed by atoms with Crippen LogP contribution >= 0.6 is 11.3 Å². The second-order valence-electron chi connectivity index (χ2n) is 6.94. The predicted octanol–water partition coefficient (Wildman–Crippen LogP) is 3.02. The average molecular weight is 371 g/mol. The van der Waals surface area contributed by atoms with E-state index in [2.05, 4.69) is 17.2 Å². The summed E-state index contributed by atoms with van der Waals surface area (Å²) in [6, 6.07) is 7.27. The molecular weight excluding hydrogens is 350 g/mol. The molecule has 6 nitrogen and oxygen atoms in total. The lowest BCUT2D eigenvalue weighted by molar-refractivity contribution is -0.127. The summed E-state index contributed by atoms with van der Waals surface area (Å²) < 4.78 is 5.61. The molecule has 0 saturated carbocycles. The number of carbonyl (C=O) groups is 2. The van der Waals surface area contributed by atoms with E-state index in [-0.39, 0.29) is 18.4 Å². The van der Waals surface area contributed by atoms with Gasteiger partial charge >= 0.3 is 0 Å². The van der Waals surface area contributed by atoms with Gasteiger partial charge in [0.25, 0.3) is 5.91 Å². The Morgan fingerprint density at radius 1 is 1.38 bits per heavy atom. The lowest BCUT2D eigenvalue weighted by Gasteiger charge is -2.32. The maximum atomic E-state index is 12.5. The number of benzene rings is 1. The van der Waals surface area contributed by atoms with Crippen LogP contribution < -0.4 is 15.0 Å². The number of nitrogens with zero attached hydrogens (tertiary/aromatic N) is 2. The summed E-state index contributed by atoms with van der Waals surface area (Å²) >= 11 is 1.55. The fourth-order valence-corrected chi connectivity index (χ4v) is 4.61. The van der Waals surface area contributed by atoms with Gasteiger partial charge in [0.05, 0.1) is 11.4 Å².